The Morgan fingerprint density at radius 3 is 3.00 bits per heavy atom. The first kappa shape index (κ1) is 11.2. The molecule has 0 radical (unpaired) electrons. The van der Waals surface area contributed by atoms with Crippen LogP contribution in [0.3, 0.4) is 0 Å². The molecule has 0 spiro atoms. The quantitative estimate of drug-likeness (QED) is 0.929. The zero-order chi connectivity index (χ0) is 11.5. The molecule has 2 rings (SSSR count). The van der Waals surface area contributed by atoms with Crippen molar-refractivity contribution in [2.75, 3.05) is 0 Å². The number of rotatable bonds is 3. The molecule has 2 aromatic heterocycles. The molecule has 1 atom stereocenters. The van der Waals surface area contributed by atoms with E-state index in [1.54, 1.807) is 12.4 Å². The highest BCUT2D eigenvalue weighted by atomic mass is 79.9. The fraction of sp³-hybridized carbons (Fsp3) is 0.300. The smallest absolute Gasteiger partial charge is 0.228 e. The molecular weight excluding hydrogens is 272 g/mol. The summed E-state index contributed by atoms with van der Waals surface area (Å²) in [7, 11) is 0. The molecule has 5 nitrogen and oxygen atoms in total. The van der Waals surface area contributed by atoms with Crippen LogP contribution in [0.5, 0.6) is 0 Å². The average Bonchev–Trinajstić information content (AvgIpc) is 2.65. The Kier molecular flexibility index (Phi) is 3.31. The Morgan fingerprint density at radius 2 is 2.31 bits per heavy atom. The van der Waals surface area contributed by atoms with Gasteiger partial charge in [0.15, 0.2) is 0 Å². The van der Waals surface area contributed by atoms with Gasteiger partial charge in [0.25, 0.3) is 0 Å². The van der Waals surface area contributed by atoms with Gasteiger partial charge in [-0.25, -0.2) is 0 Å². The summed E-state index contributed by atoms with van der Waals surface area (Å²) in [6, 6.07) is 1.89. The van der Waals surface area contributed by atoms with Gasteiger partial charge in [0.2, 0.25) is 11.7 Å². The van der Waals surface area contributed by atoms with Crippen LogP contribution in [0.15, 0.2) is 27.5 Å². The summed E-state index contributed by atoms with van der Waals surface area (Å²) in [5.74, 6) is 1.08. The van der Waals surface area contributed by atoms with E-state index in [1.807, 2.05) is 13.0 Å². The monoisotopic (exact) mass is 282 g/mol. The minimum atomic E-state index is 0.00827. The van der Waals surface area contributed by atoms with Gasteiger partial charge >= 0.3 is 0 Å². The van der Waals surface area contributed by atoms with E-state index < -0.39 is 0 Å². The van der Waals surface area contributed by atoms with Crippen molar-refractivity contribution in [1.29, 1.82) is 0 Å². The van der Waals surface area contributed by atoms with Crippen LogP contribution in [0.2, 0.25) is 0 Å². The molecule has 2 aromatic rings. The molecule has 2 heterocycles. The maximum Gasteiger partial charge on any atom is 0.228 e. The summed E-state index contributed by atoms with van der Waals surface area (Å²) >= 11 is 3.34. The number of aromatic nitrogens is 3. The number of nitrogens with two attached hydrogens (primary N) is 1. The second-order valence-corrected chi connectivity index (χ2v) is 4.50. The van der Waals surface area contributed by atoms with Crippen molar-refractivity contribution in [3.05, 3.63) is 28.8 Å². The maximum atomic E-state index is 5.65. The largest absolute Gasteiger partial charge is 0.339 e. The van der Waals surface area contributed by atoms with Crippen LogP contribution in [0.4, 0.5) is 0 Å². The lowest BCUT2D eigenvalue weighted by molar-refractivity contribution is 0.372. The van der Waals surface area contributed by atoms with E-state index in [2.05, 4.69) is 31.1 Å². The average molecular weight is 283 g/mol. The Hall–Kier alpha value is -1.27. The SMILES string of the molecule is CC(N)Cc1nc(-c2cncc(Br)c2)no1. The van der Waals surface area contributed by atoms with Gasteiger partial charge in [-0.1, -0.05) is 5.16 Å². The van der Waals surface area contributed by atoms with Gasteiger partial charge in [-0.2, -0.15) is 4.98 Å². The van der Waals surface area contributed by atoms with Crippen LogP contribution in [0.1, 0.15) is 12.8 Å². The van der Waals surface area contributed by atoms with E-state index >= 15 is 0 Å². The molecule has 0 amide bonds. The van der Waals surface area contributed by atoms with Crippen molar-refractivity contribution < 1.29 is 4.52 Å². The third kappa shape index (κ3) is 2.65. The molecule has 6 heteroatoms. The highest BCUT2D eigenvalue weighted by molar-refractivity contribution is 9.10. The van der Waals surface area contributed by atoms with Gasteiger partial charge < -0.3 is 10.3 Å². The molecule has 2 N–H and O–H groups in total. The highest BCUT2D eigenvalue weighted by Gasteiger charge is 2.10. The first-order valence-electron chi connectivity index (χ1n) is 4.84. The van der Waals surface area contributed by atoms with E-state index in [-0.39, 0.29) is 6.04 Å². The van der Waals surface area contributed by atoms with E-state index in [9.17, 15) is 0 Å². The number of halogens is 1. The second kappa shape index (κ2) is 4.71. The van der Waals surface area contributed by atoms with Gasteiger partial charge in [0.1, 0.15) is 0 Å². The zero-order valence-electron chi connectivity index (χ0n) is 8.72. The Labute approximate surface area is 101 Å². The fourth-order valence-corrected chi connectivity index (χ4v) is 1.63. The van der Waals surface area contributed by atoms with Crippen LogP contribution in [-0.2, 0) is 6.42 Å². The Morgan fingerprint density at radius 1 is 1.50 bits per heavy atom. The lowest BCUT2D eigenvalue weighted by Gasteiger charge is -1.97. The molecule has 0 aliphatic heterocycles. The van der Waals surface area contributed by atoms with Crippen molar-refractivity contribution in [3.63, 3.8) is 0 Å². The molecule has 0 saturated heterocycles. The highest BCUT2D eigenvalue weighted by Crippen LogP contribution is 2.18. The van der Waals surface area contributed by atoms with Crippen LogP contribution in [0.25, 0.3) is 11.4 Å². The van der Waals surface area contributed by atoms with Crippen molar-refractivity contribution in [2.45, 2.75) is 19.4 Å². The van der Waals surface area contributed by atoms with Crippen LogP contribution < -0.4 is 5.73 Å². The summed E-state index contributed by atoms with van der Waals surface area (Å²) in [5.41, 5.74) is 6.46. The van der Waals surface area contributed by atoms with Gasteiger partial charge in [0.05, 0.1) is 0 Å². The molecule has 0 aliphatic rings. The third-order valence-electron chi connectivity index (χ3n) is 1.93. The molecule has 0 aromatic carbocycles. The molecule has 0 saturated carbocycles. The van der Waals surface area contributed by atoms with Crippen molar-refractivity contribution >= 4 is 15.9 Å². The summed E-state index contributed by atoms with van der Waals surface area (Å²) in [6.07, 6.45) is 3.96. The van der Waals surface area contributed by atoms with Crippen LogP contribution >= 0.6 is 15.9 Å². The van der Waals surface area contributed by atoms with Gasteiger partial charge in [-0.3, -0.25) is 4.98 Å². The van der Waals surface area contributed by atoms with E-state index in [0.717, 1.165) is 10.0 Å². The van der Waals surface area contributed by atoms with Crippen molar-refractivity contribution in [2.24, 2.45) is 5.73 Å². The topological polar surface area (TPSA) is 77.8 Å². The first-order valence-corrected chi connectivity index (χ1v) is 5.63. The summed E-state index contributed by atoms with van der Waals surface area (Å²) in [6.45, 7) is 1.89. The van der Waals surface area contributed by atoms with E-state index in [0.29, 0.717) is 18.1 Å². The molecular formula is C10H11BrN4O. The summed E-state index contributed by atoms with van der Waals surface area (Å²) in [4.78, 5) is 8.28. The molecule has 0 bridgehead atoms. The van der Waals surface area contributed by atoms with Gasteiger partial charge in [-0.15, -0.1) is 0 Å². The number of nitrogens with zero attached hydrogens (tertiary/aromatic N) is 3. The molecule has 84 valence electrons. The Balaban J connectivity index is 2.24. The van der Waals surface area contributed by atoms with Crippen molar-refractivity contribution in [1.82, 2.24) is 15.1 Å². The van der Waals surface area contributed by atoms with Gasteiger partial charge in [0, 0.05) is 34.9 Å². The normalized spacial score (nSPS) is 12.7. The van der Waals surface area contributed by atoms with E-state index in [1.165, 1.54) is 0 Å². The predicted octanol–water partition coefficient (Wildman–Crippen LogP) is 1.78. The number of pyridine rings is 1. The van der Waals surface area contributed by atoms with Gasteiger partial charge in [-0.05, 0) is 28.9 Å². The second-order valence-electron chi connectivity index (χ2n) is 3.58. The molecule has 1 unspecified atom stereocenters. The summed E-state index contributed by atoms with van der Waals surface area (Å²) in [5, 5.41) is 3.88. The number of hydrogen-bond acceptors (Lipinski definition) is 5. The standard InChI is InChI=1S/C10H11BrN4O/c1-6(12)2-9-14-10(15-16-9)7-3-8(11)5-13-4-7/h3-6H,2,12H2,1H3. The third-order valence-corrected chi connectivity index (χ3v) is 2.36. The van der Waals surface area contributed by atoms with Crippen LogP contribution in [0, 0.1) is 0 Å². The molecule has 0 aliphatic carbocycles. The maximum absolute atomic E-state index is 5.65. The van der Waals surface area contributed by atoms with E-state index in [4.69, 9.17) is 10.3 Å². The predicted molar refractivity (Wildman–Crippen MR) is 62.6 cm³/mol. The van der Waals surface area contributed by atoms with Crippen LogP contribution in [-0.4, -0.2) is 21.2 Å². The lowest BCUT2D eigenvalue weighted by atomic mass is 10.2. The summed E-state index contributed by atoms with van der Waals surface area (Å²) < 4.78 is 5.96. The zero-order valence-corrected chi connectivity index (χ0v) is 10.3. The van der Waals surface area contributed by atoms with Crippen molar-refractivity contribution in [3.8, 4) is 11.4 Å². The molecule has 16 heavy (non-hydrogen) atoms. The fourth-order valence-electron chi connectivity index (χ4n) is 1.26. The first-order chi connectivity index (χ1) is 7.65. The molecule has 0 fully saturated rings. The lowest BCUT2D eigenvalue weighted by Crippen LogP contribution is -2.17. The minimum absolute atomic E-state index is 0.00827. The number of hydrogen-bond donors (Lipinski definition) is 1. The minimum Gasteiger partial charge on any atom is -0.339 e. The Bertz CT molecular complexity index is 483.